The van der Waals surface area contributed by atoms with Crippen LogP contribution in [-0.2, 0) is 0 Å². The van der Waals surface area contributed by atoms with Crippen LogP contribution in [0.1, 0.15) is 36.6 Å². The smallest absolute Gasteiger partial charge is 0.126 e. The van der Waals surface area contributed by atoms with Gasteiger partial charge in [-0.15, -0.1) is 0 Å². The fourth-order valence-electron chi connectivity index (χ4n) is 3.14. The summed E-state index contributed by atoms with van der Waals surface area (Å²) in [6.45, 7) is 9.82. The maximum Gasteiger partial charge on any atom is 0.126 e. The zero-order valence-electron chi connectivity index (χ0n) is 13.5. The molecule has 2 aromatic carbocycles. The van der Waals surface area contributed by atoms with Crippen LogP contribution in [0.25, 0.3) is 22.7 Å². The van der Waals surface area contributed by atoms with E-state index in [2.05, 4.69) is 25.0 Å². The summed E-state index contributed by atoms with van der Waals surface area (Å²) < 4.78 is 29.4. The summed E-state index contributed by atoms with van der Waals surface area (Å²) in [5, 5.41) is 0.825. The van der Waals surface area contributed by atoms with Crippen LogP contribution in [0.2, 0.25) is 0 Å². The standard InChI is InChI=1S/C20H19F2N/c1-5-16-17-11-14(21)6-9-19(17)23(20(16)12(2)3)15-7-8-18(22)13(4)10-15/h5-12H,1H2,2-4H3. The number of fused-ring (bicyclic) bond motifs is 1. The van der Waals surface area contributed by atoms with Crippen LogP contribution in [-0.4, -0.2) is 4.57 Å². The Morgan fingerprint density at radius 3 is 2.43 bits per heavy atom. The van der Waals surface area contributed by atoms with Crippen molar-refractivity contribution in [2.24, 2.45) is 0 Å². The summed E-state index contributed by atoms with van der Waals surface area (Å²) in [7, 11) is 0. The largest absolute Gasteiger partial charge is 0.313 e. The number of hydrogen-bond donors (Lipinski definition) is 0. The summed E-state index contributed by atoms with van der Waals surface area (Å²) >= 11 is 0. The normalized spacial score (nSPS) is 11.4. The molecule has 3 heteroatoms. The van der Waals surface area contributed by atoms with Crippen molar-refractivity contribution in [1.82, 2.24) is 4.57 Å². The monoisotopic (exact) mass is 311 g/mol. The van der Waals surface area contributed by atoms with Crippen molar-refractivity contribution in [3.63, 3.8) is 0 Å². The predicted molar refractivity (Wildman–Crippen MR) is 92.1 cm³/mol. The Balaban J connectivity index is 2.45. The van der Waals surface area contributed by atoms with E-state index >= 15 is 0 Å². The van der Waals surface area contributed by atoms with Gasteiger partial charge in [-0.3, -0.25) is 0 Å². The van der Waals surface area contributed by atoms with E-state index in [1.165, 1.54) is 18.2 Å². The summed E-state index contributed by atoms with van der Waals surface area (Å²) in [5.74, 6) is -0.293. The SMILES string of the molecule is C=Cc1c(C(C)C)n(-c2ccc(F)c(C)c2)c2ccc(F)cc12. The summed E-state index contributed by atoms with van der Waals surface area (Å²) in [6.07, 6.45) is 1.77. The van der Waals surface area contributed by atoms with Gasteiger partial charge in [-0.1, -0.05) is 26.5 Å². The van der Waals surface area contributed by atoms with E-state index in [1.807, 2.05) is 6.07 Å². The second-order valence-electron chi connectivity index (χ2n) is 6.09. The van der Waals surface area contributed by atoms with Crippen LogP contribution in [0.15, 0.2) is 43.0 Å². The third-order valence-electron chi connectivity index (χ3n) is 4.16. The van der Waals surface area contributed by atoms with E-state index < -0.39 is 0 Å². The van der Waals surface area contributed by atoms with E-state index in [1.54, 1.807) is 25.1 Å². The molecule has 3 aromatic rings. The van der Waals surface area contributed by atoms with Crippen molar-refractivity contribution in [3.05, 3.63) is 71.4 Å². The number of benzene rings is 2. The molecule has 0 spiro atoms. The van der Waals surface area contributed by atoms with Crippen molar-refractivity contribution in [3.8, 4) is 5.69 Å². The molecule has 0 amide bonds. The van der Waals surface area contributed by atoms with Gasteiger partial charge in [0.2, 0.25) is 0 Å². The first kappa shape index (κ1) is 15.5. The number of aryl methyl sites for hydroxylation is 1. The molecule has 0 aliphatic carbocycles. The van der Waals surface area contributed by atoms with Crippen LogP contribution in [0, 0.1) is 18.6 Å². The van der Waals surface area contributed by atoms with Gasteiger partial charge in [-0.05, 0) is 54.8 Å². The minimum absolute atomic E-state index is 0.212. The Bertz CT molecular complexity index is 904. The molecule has 118 valence electrons. The highest BCUT2D eigenvalue weighted by Gasteiger charge is 2.19. The van der Waals surface area contributed by atoms with E-state index in [0.29, 0.717) is 5.56 Å². The molecule has 0 radical (unpaired) electrons. The predicted octanol–water partition coefficient (Wildman–Crippen LogP) is 5.98. The Morgan fingerprint density at radius 1 is 1.09 bits per heavy atom. The van der Waals surface area contributed by atoms with Gasteiger partial charge in [0.1, 0.15) is 11.6 Å². The van der Waals surface area contributed by atoms with Crippen molar-refractivity contribution in [2.45, 2.75) is 26.7 Å². The zero-order chi connectivity index (χ0) is 16.7. The molecule has 0 saturated heterocycles. The summed E-state index contributed by atoms with van der Waals surface area (Å²) in [4.78, 5) is 0. The van der Waals surface area contributed by atoms with Crippen LogP contribution in [0.5, 0.6) is 0 Å². The number of rotatable bonds is 3. The van der Waals surface area contributed by atoms with Gasteiger partial charge in [0.25, 0.3) is 0 Å². The lowest BCUT2D eigenvalue weighted by molar-refractivity contribution is 0.618. The third-order valence-corrected chi connectivity index (χ3v) is 4.16. The van der Waals surface area contributed by atoms with Gasteiger partial charge in [0.05, 0.1) is 5.52 Å². The molecule has 0 unspecified atom stereocenters. The molecule has 0 saturated carbocycles. The van der Waals surface area contributed by atoms with E-state index in [0.717, 1.165) is 27.8 Å². The summed E-state index contributed by atoms with van der Waals surface area (Å²) in [5.41, 5.74) is 4.33. The average Bonchev–Trinajstić information content (AvgIpc) is 2.83. The number of hydrogen-bond acceptors (Lipinski definition) is 0. The number of nitrogens with zero attached hydrogens (tertiary/aromatic N) is 1. The third kappa shape index (κ3) is 2.46. The van der Waals surface area contributed by atoms with E-state index in [-0.39, 0.29) is 17.6 Å². The highest BCUT2D eigenvalue weighted by molar-refractivity contribution is 5.92. The molecule has 1 heterocycles. The maximum absolute atomic E-state index is 13.7. The molecular weight excluding hydrogens is 292 g/mol. The molecule has 0 aliphatic rings. The molecule has 3 rings (SSSR count). The second kappa shape index (κ2) is 5.65. The van der Waals surface area contributed by atoms with Crippen molar-refractivity contribution >= 4 is 17.0 Å². The molecule has 0 N–H and O–H groups in total. The average molecular weight is 311 g/mol. The lowest BCUT2D eigenvalue weighted by atomic mass is 10.0. The van der Waals surface area contributed by atoms with Gasteiger partial charge in [0, 0.05) is 22.3 Å². The molecule has 1 aromatic heterocycles. The number of halogens is 2. The van der Waals surface area contributed by atoms with Gasteiger partial charge < -0.3 is 4.57 Å². The van der Waals surface area contributed by atoms with Gasteiger partial charge in [-0.25, -0.2) is 8.78 Å². The topological polar surface area (TPSA) is 4.93 Å². The molecule has 0 atom stereocenters. The Kier molecular flexibility index (Phi) is 3.80. The Morgan fingerprint density at radius 2 is 1.83 bits per heavy atom. The van der Waals surface area contributed by atoms with Gasteiger partial charge >= 0.3 is 0 Å². The lowest BCUT2D eigenvalue weighted by Gasteiger charge is -2.15. The zero-order valence-corrected chi connectivity index (χ0v) is 13.5. The van der Waals surface area contributed by atoms with Crippen molar-refractivity contribution < 1.29 is 8.78 Å². The first-order valence-electron chi connectivity index (χ1n) is 7.67. The molecule has 0 fully saturated rings. The van der Waals surface area contributed by atoms with Gasteiger partial charge in [0.15, 0.2) is 0 Å². The van der Waals surface area contributed by atoms with Crippen LogP contribution in [0.3, 0.4) is 0 Å². The molecular formula is C20H19F2N. The Hall–Kier alpha value is -2.42. The van der Waals surface area contributed by atoms with Crippen LogP contribution in [0.4, 0.5) is 8.78 Å². The van der Waals surface area contributed by atoms with Gasteiger partial charge in [-0.2, -0.15) is 0 Å². The molecule has 0 aliphatic heterocycles. The highest BCUT2D eigenvalue weighted by Crippen LogP contribution is 2.35. The van der Waals surface area contributed by atoms with Crippen LogP contribution >= 0.6 is 0 Å². The minimum atomic E-state index is -0.275. The maximum atomic E-state index is 13.7. The second-order valence-corrected chi connectivity index (χ2v) is 6.09. The molecule has 0 bridgehead atoms. The first-order chi connectivity index (χ1) is 10.9. The minimum Gasteiger partial charge on any atom is -0.313 e. The lowest BCUT2D eigenvalue weighted by Crippen LogP contribution is -2.03. The number of aromatic nitrogens is 1. The quantitative estimate of drug-likeness (QED) is 0.560. The fraction of sp³-hybridized carbons (Fsp3) is 0.200. The molecule has 23 heavy (non-hydrogen) atoms. The van der Waals surface area contributed by atoms with Crippen molar-refractivity contribution in [1.29, 1.82) is 0 Å². The van der Waals surface area contributed by atoms with E-state index in [9.17, 15) is 8.78 Å². The fourth-order valence-corrected chi connectivity index (χ4v) is 3.14. The Labute approximate surface area is 134 Å². The first-order valence-corrected chi connectivity index (χ1v) is 7.67. The summed E-state index contributed by atoms with van der Waals surface area (Å²) in [6, 6.07) is 9.79. The molecule has 1 nitrogen and oxygen atoms in total. The van der Waals surface area contributed by atoms with Crippen LogP contribution < -0.4 is 0 Å². The van der Waals surface area contributed by atoms with Crippen molar-refractivity contribution in [2.75, 3.05) is 0 Å². The van der Waals surface area contributed by atoms with E-state index in [4.69, 9.17) is 0 Å². The highest BCUT2D eigenvalue weighted by atomic mass is 19.1.